The van der Waals surface area contributed by atoms with Crippen molar-refractivity contribution < 1.29 is 19.6 Å². The van der Waals surface area contributed by atoms with Crippen molar-refractivity contribution >= 4 is 46.0 Å². The van der Waals surface area contributed by atoms with Crippen LogP contribution in [0.3, 0.4) is 0 Å². The predicted octanol–water partition coefficient (Wildman–Crippen LogP) is 2.70. The molecule has 23 heavy (non-hydrogen) atoms. The zero-order valence-electron chi connectivity index (χ0n) is 12.0. The van der Waals surface area contributed by atoms with E-state index in [0.717, 1.165) is 17.8 Å². The lowest BCUT2D eigenvalue weighted by Crippen LogP contribution is -2.27. The summed E-state index contributed by atoms with van der Waals surface area (Å²) in [4.78, 5) is 24.2. The van der Waals surface area contributed by atoms with Gasteiger partial charge in [0.05, 0.1) is 16.9 Å². The highest BCUT2D eigenvalue weighted by molar-refractivity contribution is 8.26. The molecule has 1 saturated heterocycles. The third-order valence-corrected chi connectivity index (χ3v) is 4.35. The van der Waals surface area contributed by atoms with Crippen LogP contribution in [-0.2, 0) is 4.79 Å². The maximum Gasteiger partial charge on any atom is 0.315 e. The van der Waals surface area contributed by atoms with Crippen LogP contribution in [0.1, 0.15) is 5.56 Å². The largest absolute Gasteiger partial charge is 0.500 e. The molecular formula is C14H12N2O5S2. The highest BCUT2D eigenvalue weighted by Gasteiger charge is 2.31. The van der Waals surface area contributed by atoms with E-state index in [1.54, 1.807) is 6.08 Å². The molecule has 2 rings (SSSR count). The smallest absolute Gasteiger partial charge is 0.315 e. The standard InChI is InChI=1S/C14H12N2O5S2/c1-3-4-15-13(18)11(23-14(15)22)7-8-5-9(16(19)20)12(17)10(6-8)21-2/h3,5-7,17H,1,4H2,2H3/b11-7-. The minimum Gasteiger partial charge on any atom is -0.500 e. The number of phenols is 1. The summed E-state index contributed by atoms with van der Waals surface area (Å²) >= 11 is 6.22. The molecule has 0 radical (unpaired) electrons. The van der Waals surface area contributed by atoms with Crippen molar-refractivity contribution in [2.45, 2.75) is 0 Å². The van der Waals surface area contributed by atoms with Gasteiger partial charge in [0, 0.05) is 12.6 Å². The molecule has 0 spiro atoms. The van der Waals surface area contributed by atoms with Gasteiger partial charge in [0.2, 0.25) is 5.75 Å². The molecule has 1 fully saturated rings. The van der Waals surface area contributed by atoms with Crippen LogP contribution in [0.15, 0.2) is 29.7 Å². The Morgan fingerprint density at radius 2 is 2.26 bits per heavy atom. The monoisotopic (exact) mass is 352 g/mol. The molecule has 0 unspecified atom stereocenters. The van der Waals surface area contributed by atoms with E-state index in [-0.39, 0.29) is 11.7 Å². The first-order valence-electron chi connectivity index (χ1n) is 6.30. The molecule has 0 saturated carbocycles. The van der Waals surface area contributed by atoms with Crippen LogP contribution in [0.25, 0.3) is 6.08 Å². The number of aromatic hydroxyl groups is 1. The van der Waals surface area contributed by atoms with Crippen molar-refractivity contribution in [2.24, 2.45) is 0 Å². The van der Waals surface area contributed by atoms with Gasteiger partial charge in [0.15, 0.2) is 5.75 Å². The Morgan fingerprint density at radius 1 is 1.57 bits per heavy atom. The van der Waals surface area contributed by atoms with Crippen LogP contribution in [0.2, 0.25) is 0 Å². The zero-order chi connectivity index (χ0) is 17.1. The summed E-state index contributed by atoms with van der Waals surface area (Å²) in [6.07, 6.45) is 3.03. The van der Waals surface area contributed by atoms with Gasteiger partial charge in [-0.05, 0) is 17.7 Å². The van der Waals surface area contributed by atoms with Crippen LogP contribution < -0.4 is 4.74 Å². The number of amides is 1. The molecule has 1 aliphatic rings. The van der Waals surface area contributed by atoms with Gasteiger partial charge in [-0.2, -0.15) is 0 Å². The number of carbonyl (C=O) groups is 1. The van der Waals surface area contributed by atoms with E-state index >= 15 is 0 Å². The normalized spacial score (nSPS) is 16.0. The molecule has 0 atom stereocenters. The summed E-state index contributed by atoms with van der Waals surface area (Å²) < 4.78 is 5.31. The molecular weight excluding hydrogens is 340 g/mol. The number of thioether (sulfide) groups is 1. The fourth-order valence-corrected chi connectivity index (χ4v) is 3.20. The number of hydrogen-bond acceptors (Lipinski definition) is 7. The SMILES string of the molecule is C=CCN1C(=O)/C(=C/c2cc(OC)c(O)c([N+](=O)[O-])c2)SC1=S. The van der Waals surface area contributed by atoms with Gasteiger partial charge in [0.1, 0.15) is 4.32 Å². The number of thiocarbonyl (C=S) groups is 1. The number of hydrogen-bond donors (Lipinski definition) is 1. The Hall–Kier alpha value is -2.39. The minimum absolute atomic E-state index is 0.0491. The average Bonchev–Trinajstić information content (AvgIpc) is 2.76. The third kappa shape index (κ3) is 3.35. The zero-order valence-corrected chi connectivity index (χ0v) is 13.6. The van der Waals surface area contributed by atoms with E-state index in [9.17, 15) is 20.0 Å². The van der Waals surface area contributed by atoms with Crippen molar-refractivity contribution in [3.05, 3.63) is 45.4 Å². The van der Waals surface area contributed by atoms with Crippen molar-refractivity contribution in [1.82, 2.24) is 4.90 Å². The highest BCUT2D eigenvalue weighted by Crippen LogP contribution is 2.39. The van der Waals surface area contributed by atoms with E-state index < -0.39 is 16.4 Å². The Morgan fingerprint density at radius 3 is 2.83 bits per heavy atom. The molecule has 9 heteroatoms. The Balaban J connectivity index is 2.45. The fourth-order valence-electron chi connectivity index (χ4n) is 1.93. The number of methoxy groups -OCH3 is 1. The molecule has 1 aromatic rings. The molecule has 120 valence electrons. The van der Waals surface area contributed by atoms with E-state index in [2.05, 4.69) is 6.58 Å². The number of rotatable bonds is 5. The molecule has 1 amide bonds. The number of phenolic OH excluding ortho intramolecular Hbond substituents is 1. The fraction of sp³-hybridized carbons (Fsp3) is 0.143. The first-order chi connectivity index (χ1) is 10.9. The Kier molecular flexibility index (Phi) is 5.02. The van der Waals surface area contributed by atoms with Gasteiger partial charge in [-0.3, -0.25) is 19.8 Å². The number of nitro benzene ring substituents is 1. The third-order valence-electron chi connectivity index (χ3n) is 2.98. The van der Waals surface area contributed by atoms with E-state index in [1.165, 1.54) is 24.2 Å². The van der Waals surface area contributed by atoms with Crippen molar-refractivity contribution in [1.29, 1.82) is 0 Å². The second-order valence-corrected chi connectivity index (χ2v) is 6.10. The number of nitro groups is 1. The van der Waals surface area contributed by atoms with Gasteiger partial charge in [-0.1, -0.05) is 30.1 Å². The summed E-state index contributed by atoms with van der Waals surface area (Å²) in [6.45, 7) is 3.86. The second-order valence-electron chi connectivity index (χ2n) is 4.43. The topological polar surface area (TPSA) is 92.9 Å². The maximum absolute atomic E-state index is 12.2. The number of ether oxygens (including phenoxy) is 1. The average molecular weight is 352 g/mol. The van der Waals surface area contributed by atoms with E-state index in [0.29, 0.717) is 21.3 Å². The predicted molar refractivity (Wildman–Crippen MR) is 91.4 cm³/mol. The van der Waals surface area contributed by atoms with Crippen molar-refractivity contribution in [2.75, 3.05) is 13.7 Å². The van der Waals surface area contributed by atoms with Crippen LogP contribution >= 0.6 is 24.0 Å². The maximum atomic E-state index is 12.2. The molecule has 1 aromatic carbocycles. The highest BCUT2D eigenvalue weighted by atomic mass is 32.2. The van der Waals surface area contributed by atoms with Crippen molar-refractivity contribution in [3.63, 3.8) is 0 Å². The summed E-state index contributed by atoms with van der Waals surface area (Å²) in [5, 5.41) is 20.7. The summed E-state index contributed by atoms with van der Waals surface area (Å²) in [7, 11) is 1.28. The van der Waals surface area contributed by atoms with Gasteiger partial charge in [-0.25, -0.2) is 0 Å². The molecule has 1 heterocycles. The van der Waals surface area contributed by atoms with Crippen LogP contribution in [0.4, 0.5) is 5.69 Å². The van der Waals surface area contributed by atoms with Gasteiger partial charge in [0.25, 0.3) is 5.91 Å². The molecule has 0 aromatic heterocycles. The number of carbonyl (C=O) groups excluding carboxylic acids is 1. The molecule has 0 aliphatic carbocycles. The molecule has 1 aliphatic heterocycles. The quantitative estimate of drug-likeness (QED) is 0.286. The first kappa shape index (κ1) is 17.0. The Labute approximate surface area is 141 Å². The first-order valence-corrected chi connectivity index (χ1v) is 7.53. The lowest BCUT2D eigenvalue weighted by Gasteiger charge is -2.10. The summed E-state index contributed by atoms with van der Waals surface area (Å²) in [6, 6.07) is 2.57. The molecule has 7 nitrogen and oxygen atoms in total. The number of benzene rings is 1. The lowest BCUT2D eigenvalue weighted by molar-refractivity contribution is -0.386. The summed E-state index contributed by atoms with van der Waals surface area (Å²) in [5.74, 6) is -0.907. The van der Waals surface area contributed by atoms with Gasteiger partial charge < -0.3 is 9.84 Å². The van der Waals surface area contributed by atoms with Gasteiger partial charge >= 0.3 is 5.69 Å². The van der Waals surface area contributed by atoms with Crippen LogP contribution in [0, 0.1) is 10.1 Å². The molecule has 1 N–H and O–H groups in total. The van der Waals surface area contributed by atoms with E-state index in [1.807, 2.05) is 0 Å². The van der Waals surface area contributed by atoms with Crippen LogP contribution in [0.5, 0.6) is 11.5 Å². The van der Waals surface area contributed by atoms with Crippen LogP contribution in [-0.4, -0.2) is 38.8 Å². The second kappa shape index (κ2) is 6.80. The van der Waals surface area contributed by atoms with E-state index in [4.69, 9.17) is 17.0 Å². The van der Waals surface area contributed by atoms with Crippen molar-refractivity contribution in [3.8, 4) is 11.5 Å². The number of nitrogens with zero attached hydrogens (tertiary/aromatic N) is 2. The lowest BCUT2D eigenvalue weighted by atomic mass is 10.1. The summed E-state index contributed by atoms with van der Waals surface area (Å²) in [5.41, 5.74) is -0.150. The van der Waals surface area contributed by atoms with Gasteiger partial charge in [-0.15, -0.1) is 6.58 Å². The Bertz CT molecular complexity index is 745. The minimum atomic E-state index is -0.724. The molecule has 0 bridgehead atoms.